The molecule has 86 valence electrons. The lowest BCUT2D eigenvalue weighted by atomic mass is 9.54. The molecule has 0 aromatic carbocycles. The van der Waals surface area contributed by atoms with Gasteiger partial charge in [0.2, 0.25) is 0 Å². The molecule has 0 amide bonds. The fourth-order valence-corrected chi connectivity index (χ4v) is 4.85. The Morgan fingerprint density at radius 3 is 2.00 bits per heavy atom. The lowest BCUT2D eigenvalue weighted by Crippen LogP contribution is -2.58. The maximum absolute atomic E-state index is 6.24. The van der Waals surface area contributed by atoms with Gasteiger partial charge in [-0.25, -0.2) is 5.01 Å². The highest BCUT2D eigenvalue weighted by molar-refractivity contribution is 5.01. The molecule has 2 nitrogen and oxygen atoms in total. The number of hydrogen-bond acceptors (Lipinski definition) is 2. The molecule has 4 aliphatic rings. The van der Waals surface area contributed by atoms with Gasteiger partial charge >= 0.3 is 0 Å². The van der Waals surface area contributed by atoms with Crippen molar-refractivity contribution < 1.29 is 0 Å². The lowest BCUT2D eigenvalue weighted by molar-refractivity contribution is -0.0659. The van der Waals surface area contributed by atoms with Crippen LogP contribution in [0.25, 0.3) is 0 Å². The Kier molecular flexibility index (Phi) is 2.52. The summed E-state index contributed by atoms with van der Waals surface area (Å²) in [5.74, 6) is 10.3. The Bertz CT molecular complexity index is 211. The molecule has 4 bridgehead atoms. The molecule has 0 aromatic rings. The standard InChI is InChI=1S/C13H24N2/c1-2-3-15(14)13-11-5-9-4-10(7-11)8-12(13)6-9/h9-13H,2-8,14H2,1H3. The molecule has 0 aromatic heterocycles. The maximum Gasteiger partial charge on any atom is 0.0297 e. The Morgan fingerprint density at radius 2 is 1.53 bits per heavy atom. The SMILES string of the molecule is CCCN(N)C1C2CC3CC(C2)CC1C3. The maximum atomic E-state index is 6.24. The van der Waals surface area contributed by atoms with Gasteiger partial charge in [-0.1, -0.05) is 6.92 Å². The molecule has 4 saturated carbocycles. The van der Waals surface area contributed by atoms with Gasteiger partial charge in [0.05, 0.1) is 0 Å². The number of rotatable bonds is 3. The van der Waals surface area contributed by atoms with Gasteiger partial charge in [-0.05, 0) is 62.2 Å². The Balaban J connectivity index is 1.74. The summed E-state index contributed by atoms with van der Waals surface area (Å²) >= 11 is 0. The monoisotopic (exact) mass is 208 g/mol. The van der Waals surface area contributed by atoms with Crippen LogP contribution >= 0.6 is 0 Å². The minimum Gasteiger partial charge on any atom is -0.269 e. The molecule has 4 aliphatic carbocycles. The quantitative estimate of drug-likeness (QED) is 0.570. The highest BCUT2D eigenvalue weighted by atomic mass is 15.4. The van der Waals surface area contributed by atoms with Crippen LogP contribution in [0.1, 0.15) is 45.4 Å². The summed E-state index contributed by atoms with van der Waals surface area (Å²) in [6.07, 6.45) is 8.66. The summed E-state index contributed by atoms with van der Waals surface area (Å²) in [7, 11) is 0. The number of hydrogen-bond donors (Lipinski definition) is 1. The third-order valence-electron chi connectivity index (χ3n) is 5.04. The zero-order valence-corrected chi connectivity index (χ0v) is 9.86. The Labute approximate surface area is 93.2 Å². The van der Waals surface area contributed by atoms with Crippen LogP contribution in [0.5, 0.6) is 0 Å². The van der Waals surface area contributed by atoms with Gasteiger partial charge in [0.1, 0.15) is 0 Å². The second-order valence-electron chi connectivity index (χ2n) is 6.16. The van der Waals surface area contributed by atoms with E-state index in [4.69, 9.17) is 5.84 Å². The average Bonchev–Trinajstić information content (AvgIpc) is 2.15. The van der Waals surface area contributed by atoms with Crippen molar-refractivity contribution in [2.24, 2.45) is 29.5 Å². The summed E-state index contributed by atoms with van der Waals surface area (Å²) in [5, 5.41) is 2.19. The first kappa shape index (κ1) is 10.1. The van der Waals surface area contributed by atoms with E-state index in [2.05, 4.69) is 11.9 Å². The third kappa shape index (κ3) is 1.62. The molecule has 4 fully saturated rings. The van der Waals surface area contributed by atoms with Crippen molar-refractivity contribution in [1.82, 2.24) is 5.01 Å². The Hall–Kier alpha value is -0.0800. The van der Waals surface area contributed by atoms with Gasteiger partial charge in [-0.3, -0.25) is 5.84 Å². The van der Waals surface area contributed by atoms with Crippen molar-refractivity contribution >= 4 is 0 Å². The first-order valence-electron chi connectivity index (χ1n) is 6.79. The molecule has 0 unspecified atom stereocenters. The summed E-state index contributed by atoms with van der Waals surface area (Å²) in [5.41, 5.74) is 0. The summed E-state index contributed by atoms with van der Waals surface area (Å²) in [6.45, 7) is 3.32. The van der Waals surface area contributed by atoms with Crippen molar-refractivity contribution in [3.63, 3.8) is 0 Å². The number of hydrazine groups is 1. The van der Waals surface area contributed by atoms with E-state index in [9.17, 15) is 0 Å². The van der Waals surface area contributed by atoms with Crippen LogP contribution < -0.4 is 5.84 Å². The van der Waals surface area contributed by atoms with E-state index in [1.54, 1.807) is 0 Å². The first-order valence-corrected chi connectivity index (χ1v) is 6.79. The van der Waals surface area contributed by atoms with Crippen LogP contribution in [0.3, 0.4) is 0 Å². The van der Waals surface area contributed by atoms with E-state index in [0.717, 1.165) is 36.3 Å². The van der Waals surface area contributed by atoms with E-state index < -0.39 is 0 Å². The summed E-state index contributed by atoms with van der Waals surface area (Å²) in [4.78, 5) is 0. The molecule has 15 heavy (non-hydrogen) atoms. The predicted molar refractivity (Wildman–Crippen MR) is 62.0 cm³/mol. The van der Waals surface area contributed by atoms with E-state index >= 15 is 0 Å². The van der Waals surface area contributed by atoms with Crippen LogP contribution in [0, 0.1) is 23.7 Å². The number of nitrogens with zero attached hydrogens (tertiary/aromatic N) is 1. The second-order valence-corrected chi connectivity index (χ2v) is 6.16. The highest BCUT2D eigenvalue weighted by Gasteiger charge is 2.49. The molecule has 0 heterocycles. The van der Waals surface area contributed by atoms with Gasteiger partial charge in [0, 0.05) is 12.6 Å². The van der Waals surface area contributed by atoms with Crippen LogP contribution in [0.4, 0.5) is 0 Å². The number of nitrogens with two attached hydrogens (primary N) is 1. The first-order chi connectivity index (χ1) is 7.28. The fraction of sp³-hybridized carbons (Fsp3) is 1.00. The topological polar surface area (TPSA) is 29.3 Å². The zero-order valence-electron chi connectivity index (χ0n) is 9.86. The minimum absolute atomic E-state index is 0.734. The van der Waals surface area contributed by atoms with Crippen LogP contribution in [-0.2, 0) is 0 Å². The molecular formula is C13H24N2. The fourth-order valence-electron chi connectivity index (χ4n) is 4.85. The van der Waals surface area contributed by atoms with Crippen molar-refractivity contribution in [3.8, 4) is 0 Å². The molecule has 0 saturated heterocycles. The molecule has 2 heteroatoms. The third-order valence-corrected chi connectivity index (χ3v) is 5.04. The van der Waals surface area contributed by atoms with Gasteiger partial charge in [0.15, 0.2) is 0 Å². The Morgan fingerprint density at radius 1 is 1.00 bits per heavy atom. The highest BCUT2D eigenvalue weighted by Crippen LogP contribution is 2.54. The summed E-state index contributed by atoms with van der Waals surface area (Å²) < 4.78 is 0. The second kappa shape index (κ2) is 3.74. The smallest absolute Gasteiger partial charge is 0.0297 e. The van der Waals surface area contributed by atoms with E-state index in [1.165, 1.54) is 38.5 Å². The summed E-state index contributed by atoms with van der Waals surface area (Å²) in [6, 6.07) is 0.734. The zero-order chi connectivity index (χ0) is 10.4. The molecule has 4 rings (SSSR count). The van der Waals surface area contributed by atoms with Crippen LogP contribution in [0.2, 0.25) is 0 Å². The van der Waals surface area contributed by atoms with Gasteiger partial charge < -0.3 is 0 Å². The molecule has 0 atom stereocenters. The van der Waals surface area contributed by atoms with Crippen molar-refractivity contribution in [1.29, 1.82) is 0 Å². The van der Waals surface area contributed by atoms with E-state index in [0.29, 0.717) is 0 Å². The molecular weight excluding hydrogens is 184 g/mol. The normalized spacial score (nSPS) is 47.8. The van der Waals surface area contributed by atoms with Gasteiger partial charge in [-0.2, -0.15) is 0 Å². The van der Waals surface area contributed by atoms with Crippen LogP contribution in [-0.4, -0.2) is 17.6 Å². The van der Waals surface area contributed by atoms with E-state index in [-0.39, 0.29) is 0 Å². The molecule has 0 spiro atoms. The van der Waals surface area contributed by atoms with E-state index in [1.807, 2.05) is 0 Å². The van der Waals surface area contributed by atoms with Crippen LogP contribution in [0.15, 0.2) is 0 Å². The van der Waals surface area contributed by atoms with Crippen molar-refractivity contribution in [2.45, 2.75) is 51.5 Å². The minimum atomic E-state index is 0.734. The average molecular weight is 208 g/mol. The van der Waals surface area contributed by atoms with Crippen molar-refractivity contribution in [2.75, 3.05) is 6.54 Å². The predicted octanol–water partition coefficient (Wildman–Crippen LogP) is 2.40. The van der Waals surface area contributed by atoms with Crippen molar-refractivity contribution in [3.05, 3.63) is 0 Å². The lowest BCUT2D eigenvalue weighted by Gasteiger charge is -2.56. The molecule has 0 radical (unpaired) electrons. The molecule has 2 N–H and O–H groups in total. The van der Waals surface area contributed by atoms with Gasteiger partial charge in [-0.15, -0.1) is 0 Å². The largest absolute Gasteiger partial charge is 0.269 e. The van der Waals surface area contributed by atoms with Gasteiger partial charge in [0.25, 0.3) is 0 Å². The molecule has 0 aliphatic heterocycles.